The van der Waals surface area contributed by atoms with Gasteiger partial charge in [-0.25, -0.2) is 15.0 Å². The fourth-order valence-corrected chi connectivity index (χ4v) is 5.69. The molecule has 8 heteroatoms. The fraction of sp³-hybridized carbons (Fsp3) is 0.276. The van der Waals surface area contributed by atoms with Crippen LogP contribution in [0.1, 0.15) is 36.1 Å². The van der Waals surface area contributed by atoms with Crippen LogP contribution in [0.2, 0.25) is 5.02 Å². The number of aromatic nitrogens is 5. The number of fused-ring (bicyclic) bond motifs is 2. The average molecular weight is 508 g/mol. The van der Waals surface area contributed by atoms with Gasteiger partial charge in [0, 0.05) is 78.1 Å². The van der Waals surface area contributed by atoms with Crippen molar-refractivity contribution in [2.45, 2.75) is 24.7 Å². The SMILES string of the molecule is Clc1ccc2cnc(N3CC(c4nccnc4N4CCC(c5ccc6ccccc6n5)CC4)C3)nc2c1. The minimum Gasteiger partial charge on any atom is -0.355 e. The fourth-order valence-electron chi connectivity index (χ4n) is 5.52. The van der Waals surface area contributed by atoms with Gasteiger partial charge in [-0.3, -0.25) is 9.97 Å². The van der Waals surface area contributed by atoms with Crippen molar-refractivity contribution in [2.75, 3.05) is 36.0 Å². The van der Waals surface area contributed by atoms with Gasteiger partial charge in [0.05, 0.1) is 16.7 Å². The van der Waals surface area contributed by atoms with Gasteiger partial charge in [0.1, 0.15) is 0 Å². The van der Waals surface area contributed by atoms with Crippen LogP contribution in [0.15, 0.2) is 73.2 Å². The lowest BCUT2D eigenvalue weighted by atomic mass is 9.91. The number of nitrogens with zero attached hydrogens (tertiary/aromatic N) is 7. The highest BCUT2D eigenvalue weighted by Crippen LogP contribution is 2.36. The Morgan fingerprint density at radius 3 is 2.43 bits per heavy atom. The number of rotatable bonds is 4. The van der Waals surface area contributed by atoms with Gasteiger partial charge in [0.25, 0.3) is 0 Å². The van der Waals surface area contributed by atoms with Crippen LogP contribution in [0.25, 0.3) is 21.8 Å². The Morgan fingerprint density at radius 2 is 1.54 bits per heavy atom. The highest BCUT2D eigenvalue weighted by Gasteiger charge is 2.35. The molecule has 5 aromatic rings. The zero-order valence-corrected chi connectivity index (χ0v) is 21.1. The van der Waals surface area contributed by atoms with E-state index in [1.807, 2.05) is 36.8 Å². The molecule has 2 aliphatic heterocycles. The number of hydrogen-bond acceptors (Lipinski definition) is 7. The normalized spacial score (nSPS) is 16.9. The van der Waals surface area contributed by atoms with Gasteiger partial charge in [0.2, 0.25) is 5.95 Å². The zero-order chi connectivity index (χ0) is 24.8. The van der Waals surface area contributed by atoms with Gasteiger partial charge in [-0.2, -0.15) is 0 Å². The molecular formula is C29H26ClN7. The maximum absolute atomic E-state index is 6.16. The first-order valence-corrected chi connectivity index (χ1v) is 13.2. The van der Waals surface area contributed by atoms with Crippen molar-refractivity contribution in [2.24, 2.45) is 0 Å². The van der Waals surface area contributed by atoms with E-state index in [-0.39, 0.29) is 0 Å². The molecule has 184 valence electrons. The Bertz CT molecular complexity index is 1590. The molecule has 2 aliphatic rings. The van der Waals surface area contributed by atoms with Gasteiger partial charge in [-0.15, -0.1) is 0 Å². The second-order valence-electron chi connectivity index (χ2n) is 9.93. The van der Waals surface area contributed by atoms with Crippen LogP contribution in [0, 0.1) is 0 Å². The lowest BCUT2D eigenvalue weighted by Crippen LogP contribution is -2.47. The standard InChI is InChI=1S/C29H26ClN7/c30-23-7-5-21-16-33-29(35-26(21)15-23)37-17-22(18-37)27-28(32-12-11-31-27)36-13-9-20(10-14-36)25-8-6-19-3-1-2-4-24(19)34-25/h1-8,11-12,15-16,20,22H,9-10,13-14,17-18H2. The number of para-hydroxylation sites is 1. The van der Waals surface area contributed by atoms with Gasteiger partial charge >= 0.3 is 0 Å². The molecule has 0 spiro atoms. The smallest absolute Gasteiger partial charge is 0.225 e. The van der Waals surface area contributed by atoms with E-state index in [0.29, 0.717) is 16.9 Å². The summed E-state index contributed by atoms with van der Waals surface area (Å²) >= 11 is 6.16. The van der Waals surface area contributed by atoms with Crippen LogP contribution < -0.4 is 9.80 Å². The Morgan fingerprint density at radius 1 is 0.730 bits per heavy atom. The largest absolute Gasteiger partial charge is 0.355 e. The van der Waals surface area contributed by atoms with Crippen molar-refractivity contribution in [3.8, 4) is 0 Å². The molecule has 0 aliphatic carbocycles. The first-order chi connectivity index (χ1) is 18.2. The summed E-state index contributed by atoms with van der Waals surface area (Å²) in [6.45, 7) is 3.57. The van der Waals surface area contributed by atoms with E-state index in [2.05, 4.69) is 51.2 Å². The molecule has 0 bridgehead atoms. The molecule has 0 radical (unpaired) electrons. The lowest BCUT2D eigenvalue weighted by Gasteiger charge is -2.41. The summed E-state index contributed by atoms with van der Waals surface area (Å²) in [5.41, 5.74) is 4.21. The number of piperidine rings is 1. The number of halogens is 1. The van der Waals surface area contributed by atoms with Crippen molar-refractivity contribution in [3.05, 3.63) is 89.6 Å². The van der Waals surface area contributed by atoms with Crippen LogP contribution in [0.5, 0.6) is 0 Å². The van der Waals surface area contributed by atoms with Crippen molar-refractivity contribution in [1.82, 2.24) is 24.9 Å². The van der Waals surface area contributed by atoms with Crippen molar-refractivity contribution < 1.29 is 0 Å². The minimum absolute atomic E-state index is 0.308. The molecular weight excluding hydrogens is 482 g/mol. The summed E-state index contributed by atoms with van der Waals surface area (Å²) in [5.74, 6) is 2.53. The molecule has 7 nitrogen and oxygen atoms in total. The molecule has 37 heavy (non-hydrogen) atoms. The Balaban J connectivity index is 1.04. The first kappa shape index (κ1) is 22.4. The maximum atomic E-state index is 6.16. The summed E-state index contributed by atoms with van der Waals surface area (Å²) in [4.78, 5) is 28.4. The molecule has 0 saturated carbocycles. The summed E-state index contributed by atoms with van der Waals surface area (Å²) in [6.07, 6.45) is 7.60. The van der Waals surface area contributed by atoms with Crippen LogP contribution in [-0.4, -0.2) is 51.1 Å². The van der Waals surface area contributed by atoms with Crippen LogP contribution >= 0.6 is 11.6 Å². The summed E-state index contributed by atoms with van der Waals surface area (Å²) in [6, 6.07) is 18.4. The summed E-state index contributed by atoms with van der Waals surface area (Å²) in [7, 11) is 0. The second-order valence-corrected chi connectivity index (χ2v) is 10.4. The number of pyridine rings is 1. The molecule has 0 amide bonds. The third kappa shape index (κ3) is 4.23. The predicted molar refractivity (Wildman–Crippen MR) is 147 cm³/mol. The zero-order valence-electron chi connectivity index (χ0n) is 20.3. The molecule has 0 unspecified atom stereocenters. The quantitative estimate of drug-likeness (QED) is 0.313. The van der Waals surface area contributed by atoms with E-state index in [1.54, 1.807) is 0 Å². The van der Waals surface area contributed by atoms with Crippen molar-refractivity contribution in [3.63, 3.8) is 0 Å². The Labute approximate surface area is 220 Å². The third-order valence-electron chi connectivity index (χ3n) is 7.62. The Kier molecular flexibility index (Phi) is 5.58. The number of benzene rings is 2. The third-order valence-corrected chi connectivity index (χ3v) is 7.86. The second kappa shape index (κ2) is 9.23. The minimum atomic E-state index is 0.308. The highest BCUT2D eigenvalue weighted by molar-refractivity contribution is 6.31. The monoisotopic (exact) mass is 507 g/mol. The molecule has 3 aromatic heterocycles. The topological polar surface area (TPSA) is 70.9 Å². The average Bonchev–Trinajstić information content (AvgIpc) is 2.92. The van der Waals surface area contributed by atoms with E-state index in [0.717, 1.165) is 72.9 Å². The van der Waals surface area contributed by atoms with Crippen LogP contribution in [0.4, 0.5) is 11.8 Å². The first-order valence-electron chi connectivity index (χ1n) is 12.8. The number of hydrogen-bond donors (Lipinski definition) is 0. The van der Waals surface area contributed by atoms with Crippen molar-refractivity contribution >= 4 is 45.2 Å². The molecule has 5 heterocycles. The summed E-state index contributed by atoms with van der Waals surface area (Å²) < 4.78 is 0. The van der Waals surface area contributed by atoms with E-state index in [4.69, 9.17) is 31.5 Å². The van der Waals surface area contributed by atoms with Gasteiger partial charge in [0.15, 0.2) is 5.82 Å². The molecule has 2 fully saturated rings. The molecule has 2 saturated heterocycles. The molecule has 7 rings (SSSR count). The maximum Gasteiger partial charge on any atom is 0.225 e. The van der Waals surface area contributed by atoms with E-state index in [1.165, 1.54) is 11.1 Å². The van der Waals surface area contributed by atoms with Gasteiger partial charge in [-0.05, 0) is 43.2 Å². The van der Waals surface area contributed by atoms with E-state index < -0.39 is 0 Å². The van der Waals surface area contributed by atoms with E-state index >= 15 is 0 Å². The predicted octanol–water partition coefficient (Wildman–Crippen LogP) is 5.61. The molecule has 2 aromatic carbocycles. The van der Waals surface area contributed by atoms with Crippen LogP contribution in [-0.2, 0) is 0 Å². The Hall–Kier alpha value is -3.84. The highest BCUT2D eigenvalue weighted by atomic mass is 35.5. The van der Waals surface area contributed by atoms with Crippen LogP contribution in [0.3, 0.4) is 0 Å². The van der Waals surface area contributed by atoms with Crippen molar-refractivity contribution in [1.29, 1.82) is 0 Å². The summed E-state index contributed by atoms with van der Waals surface area (Å²) in [5, 5.41) is 2.87. The van der Waals surface area contributed by atoms with Gasteiger partial charge in [-0.1, -0.05) is 35.9 Å². The van der Waals surface area contributed by atoms with E-state index in [9.17, 15) is 0 Å². The lowest BCUT2D eigenvalue weighted by molar-refractivity contribution is 0.478. The number of anilines is 2. The molecule has 0 atom stereocenters. The van der Waals surface area contributed by atoms with Gasteiger partial charge < -0.3 is 9.80 Å². The molecule has 0 N–H and O–H groups in total.